The van der Waals surface area contributed by atoms with E-state index in [-0.39, 0.29) is 75.5 Å². The van der Waals surface area contributed by atoms with Crippen LogP contribution in [0, 0.1) is 0 Å². The third-order valence-corrected chi connectivity index (χ3v) is 0. The zero-order valence-electron chi connectivity index (χ0n) is 3.46. The molecule has 0 unspecified atom stereocenters. The Morgan fingerprint density at radius 3 is 0.429 bits per heavy atom. The van der Waals surface area contributed by atoms with Crippen molar-refractivity contribution in [3.63, 3.8) is 0 Å². The van der Waals surface area contributed by atoms with Crippen molar-refractivity contribution in [3.8, 4) is 0 Å². The van der Waals surface area contributed by atoms with Crippen molar-refractivity contribution in [3.05, 3.63) is 0 Å². The maximum atomic E-state index is 0. The van der Waals surface area contributed by atoms with Crippen molar-refractivity contribution in [2.75, 3.05) is 0 Å². The Balaban J connectivity index is 0. The molecule has 0 fully saturated rings. The quantitative estimate of drug-likeness (QED) is 0.397. The summed E-state index contributed by atoms with van der Waals surface area (Å²) in [5.74, 6) is 0. The Morgan fingerprint density at radius 2 is 0.429 bits per heavy atom. The van der Waals surface area contributed by atoms with Gasteiger partial charge in [0, 0.05) is 53.6 Å². The summed E-state index contributed by atoms with van der Waals surface area (Å²) in [6.07, 6.45) is 0. The van der Waals surface area contributed by atoms with Gasteiger partial charge in [-0.2, -0.15) is 0 Å². The van der Waals surface area contributed by atoms with E-state index in [0.29, 0.717) is 0 Å². The average molecular weight is 247 g/mol. The van der Waals surface area contributed by atoms with Crippen LogP contribution in [0.25, 0.3) is 0 Å². The van der Waals surface area contributed by atoms with Crippen LogP contribution in [0.4, 0.5) is 0 Å². The average Bonchev–Trinajstić information content (AvgIpc) is 0. The first-order valence-electron chi connectivity index (χ1n) is 0. The zero-order valence-corrected chi connectivity index (χ0v) is 8.79. The van der Waals surface area contributed by atoms with E-state index in [0.717, 1.165) is 0 Å². The number of rotatable bonds is 0. The van der Waals surface area contributed by atoms with E-state index in [2.05, 4.69) is 0 Å². The molecule has 0 spiro atoms. The van der Waals surface area contributed by atoms with Gasteiger partial charge in [-0.15, -0.1) is 0 Å². The molecule has 0 aliphatic heterocycles. The van der Waals surface area contributed by atoms with Gasteiger partial charge in [0.25, 0.3) is 0 Å². The fraction of sp³-hybridized carbons (Fsp3) is 0. The summed E-state index contributed by atoms with van der Waals surface area (Å²) in [5, 5.41) is 0. The first-order valence-corrected chi connectivity index (χ1v) is 0. The van der Waals surface area contributed by atoms with E-state index in [1.807, 2.05) is 0 Å². The summed E-state index contributed by atoms with van der Waals surface area (Å²) >= 11 is 0. The molecule has 0 amide bonds. The van der Waals surface area contributed by atoms with Crippen molar-refractivity contribution in [2.45, 2.75) is 0 Å². The smallest absolute Gasteiger partial charge is 0 e. The predicted molar refractivity (Wildman–Crippen MR) is 14.5 cm³/mol. The van der Waals surface area contributed by atoms with E-state index in [1.165, 1.54) is 0 Å². The summed E-state index contributed by atoms with van der Waals surface area (Å²) in [6.45, 7) is 0. The third-order valence-electron chi connectivity index (χ3n) is 0. The Morgan fingerprint density at radius 1 is 0.429 bits per heavy atom. The molecule has 0 atom stereocenters. The van der Waals surface area contributed by atoms with Gasteiger partial charge in [-0.05, 0) is 0 Å². The molecular formula is H8Mn2O4Zn. The van der Waals surface area contributed by atoms with E-state index >= 15 is 0 Å². The van der Waals surface area contributed by atoms with Crippen LogP contribution in [0.3, 0.4) is 0 Å². The minimum atomic E-state index is 0. The van der Waals surface area contributed by atoms with E-state index in [9.17, 15) is 0 Å². The minimum absolute atomic E-state index is 0. The van der Waals surface area contributed by atoms with Gasteiger partial charge in [0.15, 0.2) is 0 Å². The molecule has 48 valence electrons. The van der Waals surface area contributed by atoms with Crippen molar-refractivity contribution < 1.29 is 75.5 Å². The normalized spacial score (nSPS) is 0. The molecule has 0 rings (SSSR count). The van der Waals surface area contributed by atoms with Gasteiger partial charge in [0.2, 0.25) is 0 Å². The minimum Gasteiger partial charge on any atom is -0.412 e. The molecule has 0 aliphatic rings. The monoisotopic (exact) mass is 246 g/mol. The Bertz CT molecular complexity index is 9.65. The third kappa shape index (κ3) is 101. The molecular weight excluding hydrogens is 239 g/mol. The Labute approximate surface area is 75.4 Å². The van der Waals surface area contributed by atoms with Crippen LogP contribution in [-0.2, 0) is 53.6 Å². The number of hydrogen-bond donors (Lipinski definition) is 0. The molecule has 7 heteroatoms. The second-order valence-electron chi connectivity index (χ2n) is 0. The molecule has 0 saturated carbocycles. The van der Waals surface area contributed by atoms with Gasteiger partial charge in [0.05, 0.1) is 0 Å². The maximum Gasteiger partial charge on any atom is 0 e. The molecule has 0 bridgehead atoms. The molecule has 4 nitrogen and oxygen atoms in total. The zero-order chi connectivity index (χ0) is 0. The van der Waals surface area contributed by atoms with E-state index in [1.54, 1.807) is 0 Å². The van der Waals surface area contributed by atoms with Crippen LogP contribution in [-0.4, -0.2) is 21.9 Å². The number of hydrogen-bond acceptors (Lipinski definition) is 0. The molecule has 0 aromatic heterocycles. The molecule has 0 aromatic carbocycles. The fourth-order valence-electron chi connectivity index (χ4n) is 0. The first kappa shape index (κ1) is 212. The maximum absolute atomic E-state index is 0. The predicted octanol–water partition coefficient (Wildman–Crippen LogP) is -3.31. The molecule has 7 heavy (non-hydrogen) atoms. The van der Waals surface area contributed by atoms with Crippen LogP contribution in [0.1, 0.15) is 0 Å². The SMILES string of the molecule is O.O.O.O.[Mn].[Mn].[Zn]. The van der Waals surface area contributed by atoms with E-state index in [4.69, 9.17) is 0 Å². The first-order chi connectivity index (χ1) is 0. The second kappa shape index (κ2) is 141. The summed E-state index contributed by atoms with van der Waals surface area (Å²) < 4.78 is 0. The van der Waals surface area contributed by atoms with Crippen LogP contribution >= 0.6 is 0 Å². The largest absolute Gasteiger partial charge is 0.412 e. The van der Waals surface area contributed by atoms with Crippen LogP contribution in [0.15, 0.2) is 0 Å². The molecule has 0 saturated heterocycles. The van der Waals surface area contributed by atoms with Gasteiger partial charge in [-0.25, -0.2) is 0 Å². The molecule has 0 heterocycles. The van der Waals surface area contributed by atoms with Crippen molar-refractivity contribution in [1.29, 1.82) is 0 Å². The summed E-state index contributed by atoms with van der Waals surface area (Å²) in [7, 11) is 0. The van der Waals surface area contributed by atoms with Gasteiger partial charge in [-0.3, -0.25) is 0 Å². The Kier molecular flexibility index (Phi) is 4260. The van der Waals surface area contributed by atoms with Gasteiger partial charge in [-0.1, -0.05) is 0 Å². The van der Waals surface area contributed by atoms with Gasteiger partial charge < -0.3 is 21.9 Å². The fourth-order valence-corrected chi connectivity index (χ4v) is 0. The Hall–Kier alpha value is 1.50. The van der Waals surface area contributed by atoms with E-state index < -0.39 is 0 Å². The summed E-state index contributed by atoms with van der Waals surface area (Å²) in [4.78, 5) is 0. The molecule has 8 N–H and O–H groups in total. The molecule has 2 radical (unpaired) electrons. The van der Waals surface area contributed by atoms with Crippen LogP contribution < -0.4 is 0 Å². The summed E-state index contributed by atoms with van der Waals surface area (Å²) in [5.41, 5.74) is 0. The molecule has 0 aromatic rings. The van der Waals surface area contributed by atoms with Gasteiger partial charge in [0.1, 0.15) is 0 Å². The van der Waals surface area contributed by atoms with Gasteiger partial charge >= 0.3 is 0 Å². The standard InChI is InChI=1S/2Mn.4H2O.Zn/h;;4*1H2;. The summed E-state index contributed by atoms with van der Waals surface area (Å²) in [6, 6.07) is 0. The van der Waals surface area contributed by atoms with Crippen LogP contribution in [0.5, 0.6) is 0 Å². The van der Waals surface area contributed by atoms with Crippen molar-refractivity contribution in [2.24, 2.45) is 0 Å². The molecule has 0 aliphatic carbocycles. The van der Waals surface area contributed by atoms with Crippen LogP contribution in [0.2, 0.25) is 0 Å². The van der Waals surface area contributed by atoms with Crippen molar-refractivity contribution >= 4 is 0 Å². The van der Waals surface area contributed by atoms with Crippen molar-refractivity contribution in [1.82, 2.24) is 0 Å². The second-order valence-corrected chi connectivity index (χ2v) is 0. The topological polar surface area (TPSA) is 126 Å².